The fourth-order valence-electron chi connectivity index (χ4n) is 2.34. The van der Waals surface area contributed by atoms with Crippen LogP contribution >= 0.6 is 0 Å². The molecule has 0 saturated carbocycles. The maximum atomic E-state index is 5.52. The van der Waals surface area contributed by atoms with Gasteiger partial charge in [0.05, 0.1) is 25.9 Å². The summed E-state index contributed by atoms with van der Waals surface area (Å²) in [5, 5.41) is 6.85. The molecule has 1 aromatic rings. The van der Waals surface area contributed by atoms with Crippen LogP contribution in [0.4, 0.5) is 0 Å². The molecular weight excluding hydrogens is 228 g/mol. The van der Waals surface area contributed by atoms with Crippen molar-refractivity contribution in [2.45, 2.75) is 19.0 Å². The molecule has 4 heteroatoms. The van der Waals surface area contributed by atoms with Crippen LogP contribution < -0.4 is 15.4 Å². The Hall–Kier alpha value is -1.10. The molecule has 2 unspecified atom stereocenters. The second-order valence-electron chi connectivity index (χ2n) is 4.40. The highest BCUT2D eigenvalue weighted by atomic mass is 16.5. The maximum absolute atomic E-state index is 5.52. The lowest BCUT2D eigenvalue weighted by atomic mass is 9.99. The first-order chi connectivity index (χ1) is 8.85. The van der Waals surface area contributed by atoms with E-state index in [2.05, 4.69) is 22.8 Å². The molecule has 1 fully saturated rings. The van der Waals surface area contributed by atoms with Crippen molar-refractivity contribution in [3.05, 3.63) is 29.8 Å². The maximum Gasteiger partial charge on any atom is 0.119 e. The quantitative estimate of drug-likeness (QED) is 0.827. The largest absolute Gasteiger partial charge is 0.494 e. The van der Waals surface area contributed by atoms with Crippen molar-refractivity contribution in [1.82, 2.24) is 10.6 Å². The number of benzene rings is 1. The van der Waals surface area contributed by atoms with Crippen LogP contribution in [0.5, 0.6) is 5.75 Å². The van der Waals surface area contributed by atoms with Crippen LogP contribution in [0.25, 0.3) is 0 Å². The van der Waals surface area contributed by atoms with Crippen molar-refractivity contribution in [2.75, 3.05) is 33.4 Å². The van der Waals surface area contributed by atoms with E-state index in [1.165, 1.54) is 5.56 Å². The zero-order valence-corrected chi connectivity index (χ0v) is 11.1. The molecule has 0 radical (unpaired) electrons. The van der Waals surface area contributed by atoms with Gasteiger partial charge in [-0.2, -0.15) is 0 Å². The van der Waals surface area contributed by atoms with Crippen LogP contribution in [0, 0.1) is 0 Å². The van der Waals surface area contributed by atoms with Gasteiger partial charge in [-0.3, -0.25) is 0 Å². The van der Waals surface area contributed by atoms with Crippen molar-refractivity contribution < 1.29 is 9.47 Å². The smallest absolute Gasteiger partial charge is 0.119 e. The van der Waals surface area contributed by atoms with Crippen molar-refractivity contribution in [3.8, 4) is 5.75 Å². The van der Waals surface area contributed by atoms with Gasteiger partial charge in [0.1, 0.15) is 5.75 Å². The lowest BCUT2D eigenvalue weighted by Gasteiger charge is -2.31. The lowest BCUT2D eigenvalue weighted by Crippen LogP contribution is -2.48. The van der Waals surface area contributed by atoms with Crippen LogP contribution in [0.1, 0.15) is 18.5 Å². The number of hydrogen-bond acceptors (Lipinski definition) is 4. The monoisotopic (exact) mass is 250 g/mol. The molecule has 1 aliphatic rings. The summed E-state index contributed by atoms with van der Waals surface area (Å²) in [5.74, 6) is 0.920. The van der Waals surface area contributed by atoms with Gasteiger partial charge in [-0.1, -0.05) is 12.1 Å². The third kappa shape index (κ3) is 3.22. The Labute approximate surface area is 109 Å². The van der Waals surface area contributed by atoms with E-state index in [-0.39, 0.29) is 6.04 Å². The zero-order chi connectivity index (χ0) is 12.8. The van der Waals surface area contributed by atoms with Crippen LogP contribution in [-0.2, 0) is 4.74 Å². The van der Waals surface area contributed by atoms with E-state index < -0.39 is 0 Å². The van der Waals surface area contributed by atoms with E-state index in [9.17, 15) is 0 Å². The van der Waals surface area contributed by atoms with Gasteiger partial charge < -0.3 is 20.1 Å². The molecule has 1 aromatic carbocycles. The van der Waals surface area contributed by atoms with Crippen LogP contribution in [-0.4, -0.2) is 39.5 Å². The molecule has 0 spiro atoms. The van der Waals surface area contributed by atoms with Gasteiger partial charge in [-0.25, -0.2) is 0 Å². The van der Waals surface area contributed by atoms with Crippen LogP contribution in [0.15, 0.2) is 24.3 Å². The molecule has 0 amide bonds. The van der Waals surface area contributed by atoms with Crippen molar-refractivity contribution in [1.29, 1.82) is 0 Å². The fourth-order valence-corrected chi connectivity index (χ4v) is 2.34. The van der Waals surface area contributed by atoms with E-state index >= 15 is 0 Å². The Morgan fingerprint density at radius 3 is 2.78 bits per heavy atom. The first kappa shape index (κ1) is 13.3. The average molecular weight is 250 g/mol. The zero-order valence-electron chi connectivity index (χ0n) is 11.1. The molecule has 18 heavy (non-hydrogen) atoms. The van der Waals surface area contributed by atoms with Crippen LogP contribution in [0.3, 0.4) is 0 Å². The van der Waals surface area contributed by atoms with Gasteiger partial charge in [0.15, 0.2) is 0 Å². The van der Waals surface area contributed by atoms with Crippen LogP contribution in [0.2, 0.25) is 0 Å². The molecule has 0 aromatic heterocycles. The van der Waals surface area contributed by atoms with Gasteiger partial charge in [0, 0.05) is 12.6 Å². The minimum Gasteiger partial charge on any atom is -0.494 e. The first-order valence-electron chi connectivity index (χ1n) is 6.56. The highest BCUT2D eigenvalue weighted by Gasteiger charge is 2.23. The SMILES string of the molecule is CCOc1ccc(C(NC)C2COCCN2)cc1. The molecule has 2 N–H and O–H groups in total. The Morgan fingerprint density at radius 1 is 1.44 bits per heavy atom. The number of nitrogens with one attached hydrogen (secondary N) is 2. The van der Waals surface area contributed by atoms with E-state index in [1.807, 2.05) is 26.1 Å². The van der Waals surface area contributed by atoms with Gasteiger partial charge in [-0.05, 0) is 31.7 Å². The first-order valence-corrected chi connectivity index (χ1v) is 6.56. The molecule has 4 nitrogen and oxygen atoms in total. The van der Waals surface area contributed by atoms with Gasteiger partial charge in [0.25, 0.3) is 0 Å². The topological polar surface area (TPSA) is 42.5 Å². The van der Waals surface area contributed by atoms with Crippen molar-refractivity contribution in [2.24, 2.45) is 0 Å². The average Bonchev–Trinajstić information content (AvgIpc) is 2.43. The van der Waals surface area contributed by atoms with E-state index in [4.69, 9.17) is 9.47 Å². The second kappa shape index (κ2) is 6.73. The van der Waals surface area contributed by atoms with E-state index in [0.29, 0.717) is 12.6 Å². The Morgan fingerprint density at radius 2 is 2.22 bits per heavy atom. The summed E-state index contributed by atoms with van der Waals surface area (Å²) < 4.78 is 11.0. The summed E-state index contributed by atoms with van der Waals surface area (Å²) in [4.78, 5) is 0. The molecule has 1 aliphatic heterocycles. The minimum absolute atomic E-state index is 0.265. The predicted octanol–water partition coefficient (Wildman–Crippen LogP) is 1.33. The third-order valence-electron chi connectivity index (χ3n) is 3.21. The number of ether oxygens (including phenoxy) is 2. The van der Waals surface area contributed by atoms with Gasteiger partial charge in [0.2, 0.25) is 0 Å². The molecule has 0 aliphatic carbocycles. The lowest BCUT2D eigenvalue weighted by molar-refractivity contribution is 0.0645. The Kier molecular flexibility index (Phi) is 4.99. The van der Waals surface area contributed by atoms with Gasteiger partial charge >= 0.3 is 0 Å². The number of likely N-dealkylation sites (N-methyl/N-ethyl adjacent to an activating group) is 1. The summed E-state index contributed by atoms with van der Waals surface area (Å²) >= 11 is 0. The minimum atomic E-state index is 0.265. The molecule has 0 bridgehead atoms. The molecule has 2 atom stereocenters. The Balaban J connectivity index is 2.06. The Bertz CT molecular complexity index is 347. The number of morpholine rings is 1. The number of hydrogen-bond donors (Lipinski definition) is 2. The highest BCUT2D eigenvalue weighted by molar-refractivity contribution is 5.30. The second-order valence-corrected chi connectivity index (χ2v) is 4.40. The fraction of sp³-hybridized carbons (Fsp3) is 0.571. The predicted molar refractivity (Wildman–Crippen MR) is 72.0 cm³/mol. The molecular formula is C14H22N2O2. The molecule has 1 heterocycles. The highest BCUT2D eigenvalue weighted by Crippen LogP contribution is 2.21. The standard InChI is InChI=1S/C14H22N2O2/c1-3-18-12-6-4-11(5-7-12)14(15-2)13-10-17-9-8-16-13/h4-7,13-16H,3,8-10H2,1-2H3. The summed E-state index contributed by atoms with van der Waals surface area (Å²) in [6.45, 7) is 5.16. The van der Waals surface area contributed by atoms with Crippen molar-refractivity contribution >= 4 is 0 Å². The van der Waals surface area contributed by atoms with Crippen molar-refractivity contribution in [3.63, 3.8) is 0 Å². The summed E-state index contributed by atoms with van der Waals surface area (Å²) in [5.41, 5.74) is 1.25. The third-order valence-corrected chi connectivity index (χ3v) is 3.21. The molecule has 2 rings (SSSR count). The molecule has 100 valence electrons. The molecule has 1 saturated heterocycles. The summed E-state index contributed by atoms with van der Waals surface area (Å²) in [6, 6.07) is 8.85. The summed E-state index contributed by atoms with van der Waals surface area (Å²) in [7, 11) is 1.98. The van der Waals surface area contributed by atoms with Gasteiger partial charge in [-0.15, -0.1) is 0 Å². The van der Waals surface area contributed by atoms with E-state index in [0.717, 1.165) is 25.5 Å². The summed E-state index contributed by atoms with van der Waals surface area (Å²) in [6.07, 6.45) is 0. The number of rotatable bonds is 5. The van der Waals surface area contributed by atoms with E-state index in [1.54, 1.807) is 0 Å². The normalized spacial score (nSPS) is 21.6.